The van der Waals surface area contributed by atoms with Gasteiger partial charge in [0.25, 0.3) is 5.56 Å². The highest BCUT2D eigenvalue weighted by Gasteiger charge is 2.20. The first kappa shape index (κ1) is 23.3. The Hall–Kier alpha value is -2.82. The molecule has 3 aromatic rings. The first-order valence-corrected chi connectivity index (χ1v) is 10.9. The summed E-state index contributed by atoms with van der Waals surface area (Å²) in [6.45, 7) is 4.85. The molecule has 0 bridgehead atoms. The summed E-state index contributed by atoms with van der Waals surface area (Å²) < 4.78 is 26.3. The van der Waals surface area contributed by atoms with Crippen LogP contribution in [0.4, 0.5) is 4.39 Å². The number of aromatic nitrogens is 4. The van der Waals surface area contributed by atoms with E-state index in [1.807, 2.05) is 6.07 Å². The van der Waals surface area contributed by atoms with Crippen LogP contribution < -0.4 is 20.3 Å². The molecule has 1 N–H and O–H groups in total. The lowest BCUT2D eigenvalue weighted by atomic mass is 10.0. The molecule has 2 aliphatic heterocycles. The highest BCUT2D eigenvalue weighted by atomic mass is 35.5. The van der Waals surface area contributed by atoms with Crippen LogP contribution in [0.1, 0.15) is 18.5 Å². The van der Waals surface area contributed by atoms with Crippen LogP contribution in [0.5, 0.6) is 11.5 Å². The maximum Gasteiger partial charge on any atom is 0.269 e. The maximum absolute atomic E-state index is 13.6. The van der Waals surface area contributed by atoms with Crippen molar-refractivity contribution in [3.05, 3.63) is 52.6 Å². The monoisotopic (exact) mass is 476 g/mol. The van der Waals surface area contributed by atoms with Gasteiger partial charge in [-0.3, -0.25) is 9.78 Å². The highest BCUT2D eigenvalue weighted by molar-refractivity contribution is 5.85. The molecule has 1 fully saturated rings. The van der Waals surface area contributed by atoms with Crippen molar-refractivity contribution >= 4 is 23.6 Å². The molecule has 0 aromatic carbocycles. The number of ether oxygens (including phenoxy) is 2. The summed E-state index contributed by atoms with van der Waals surface area (Å²) in [7, 11) is 0. The molecule has 0 unspecified atom stereocenters. The Morgan fingerprint density at radius 1 is 1.00 bits per heavy atom. The van der Waals surface area contributed by atoms with Gasteiger partial charge >= 0.3 is 0 Å². The fraction of sp³-hybridized carbons (Fsp3) is 0.455. The molecule has 0 saturated carbocycles. The van der Waals surface area contributed by atoms with Crippen LogP contribution in [0.25, 0.3) is 11.2 Å². The number of pyridine rings is 2. The molecule has 0 atom stereocenters. The van der Waals surface area contributed by atoms with Crippen molar-refractivity contribution in [2.24, 2.45) is 0 Å². The van der Waals surface area contributed by atoms with Gasteiger partial charge in [0.1, 0.15) is 19.0 Å². The SMILES string of the molecule is Cl.O=c1cnc2ncc(F)cc2n1CCN1CCC(NCc2cc3c(cn2)OCCO3)CC1. The lowest BCUT2D eigenvalue weighted by Crippen LogP contribution is -2.43. The Labute approximate surface area is 196 Å². The van der Waals surface area contributed by atoms with Gasteiger partial charge in [-0.2, -0.15) is 0 Å². The summed E-state index contributed by atoms with van der Waals surface area (Å²) in [4.78, 5) is 27.0. The van der Waals surface area contributed by atoms with E-state index in [1.165, 1.54) is 12.3 Å². The lowest BCUT2D eigenvalue weighted by Gasteiger charge is -2.32. The smallest absolute Gasteiger partial charge is 0.269 e. The van der Waals surface area contributed by atoms with Crippen molar-refractivity contribution in [2.75, 3.05) is 32.8 Å². The van der Waals surface area contributed by atoms with Crippen molar-refractivity contribution in [3.8, 4) is 11.5 Å². The van der Waals surface area contributed by atoms with E-state index in [0.29, 0.717) is 55.8 Å². The van der Waals surface area contributed by atoms with Crippen molar-refractivity contribution < 1.29 is 13.9 Å². The van der Waals surface area contributed by atoms with Crippen LogP contribution in [0.3, 0.4) is 0 Å². The van der Waals surface area contributed by atoms with E-state index >= 15 is 0 Å². The van der Waals surface area contributed by atoms with Crippen LogP contribution in [0.2, 0.25) is 0 Å². The average molecular weight is 477 g/mol. The number of fused-ring (bicyclic) bond motifs is 2. The van der Waals surface area contributed by atoms with Crippen LogP contribution in [-0.4, -0.2) is 63.3 Å². The fourth-order valence-electron chi connectivity index (χ4n) is 4.19. The second-order valence-corrected chi connectivity index (χ2v) is 8.06. The van der Waals surface area contributed by atoms with Crippen molar-refractivity contribution in [1.82, 2.24) is 29.7 Å². The molecule has 176 valence electrons. The zero-order valence-corrected chi connectivity index (χ0v) is 18.9. The van der Waals surface area contributed by atoms with Gasteiger partial charge in [0, 0.05) is 37.8 Å². The number of hydrogen-bond acceptors (Lipinski definition) is 8. The summed E-state index contributed by atoms with van der Waals surface area (Å²) in [5, 5.41) is 3.58. The van der Waals surface area contributed by atoms with Gasteiger partial charge in [0.2, 0.25) is 0 Å². The Balaban J connectivity index is 0.00000259. The van der Waals surface area contributed by atoms with E-state index in [1.54, 1.807) is 10.8 Å². The second-order valence-electron chi connectivity index (χ2n) is 8.06. The number of rotatable bonds is 6. The van der Waals surface area contributed by atoms with E-state index in [0.717, 1.165) is 43.6 Å². The van der Waals surface area contributed by atoms with Gasteiger partial charge < -0.3 is 24.3 Å². The summed E-state index contributed by atoms with van der Waals surface area (Å²) in [5.41, 5.74) is 1.50. The summed E-state index contributed by atoms with van der Waals surface area (Å²) >= 11 is 0. The third kappa shape index (κ3) is 5.40. The number of hydrogen-bond donors (Lipinski definition) is 1. The number of piperidine rings is 1. The molecule has 5 rings (SSSR count). The molecule has 9 nitrogen and oxygen atoms in total. The normalized spacial score (nSPS) is 16.5. The summed E-state index contributed by atoms with van der Waals surface area (Å²) in [5.74, 6) is 0.984. The minimum atomic E-state index is -0.474. The fourth-order valence-corrected chi connectivity index (χ4v) is 4.19. The van der Waals surface area contributed by atoms with Gasteiger partial charge in [-0.05, 0) is 25.9 Å². The highest BCUT2D eigenvalue weighted by Crippen LogP contribution is 2.29. The number of nitrogens with one attached hydrogen (secondary N) is 1. The number of likely N-dealkylation sites (tertiary alicyclic amines) is 1. The van der Waals surface area contributed by atoms with Crippen molar-refractivity contribution in [3.63, 3.8) is 0 Å². The molecule has 0 aliphatic carbocycles. The first-order chi connectivity index (χ1) is 15.7. The molecule has 33 heavy (non-hydrogen) atoms. The molecule has 0 spiro atoms. The van der Waals surface area contributed by atoms with E-state index in [2.05, 4.69) is 25.2 Å². The standard InChI is InChI=1S/C22H25FN6O3.ClH/c23-15-9-18-22(26-11-15)27-14-21(30)29(18)6-5-28-3-1-16(2-4-28)24-12-17-10-19-20(13-25-17)32-8-7-31-19;/h9-11,13-14,16,24H,1-8,12H2;1H. The van der Waals surface area contributed by atoms with E-state index in [4.69, 9.17) is 9.47 Å². The molecule has 0 radical (unpaired) electrons. The molecular weight excluding hydrogens is 451 g/mol. The summed E-state index contributed by atoms with van der Waals surface area (Å²) in [6, 6.07) is 3.66. The molecular formula is C22H26ClFN6O3. The zero-order valence-electron chi connectivity index (χ0n) is 18.1. The largest absolute Gasteiger partial charge is 0.486 e. The molecule has 1 saturated heterocycles. The predicted molar refractivity (Wildman–Crippen MR) is 123 cm³/mol. The molecule has 11 heteroatoms. The second kappa shape index (κ2) is 10.4. The Morgan fingerprint density at radius 3 is 2.58 bits per heavy atom. The van der Waals surface area contributed by atoms with Crippen LogP contribution in [-0.2, 0) is 13.1 Å². The van der Waals surface area contributed by atoms with Gasteiger partial charge in [-0.25, -0.2) is 14.4 Å². The van der Waals surface area contributed by atoms with Crippen LogP contribution >= 0.6 is 12.4 Å². The first-order valence-electron chi connectivity index (χ1n) is 10.9. The quantitative estimate of drug-likeness (QED) is 0.575. The molecule has 2 aliphatic rings. The van der Waals surface area contributed by atoms with E-state index in [-0.39, 0.29) is 18.0 Å². The maximum atomic E-state index is 13.6. The lowest BCUT2D eigenvalue weighted by molar-refractivity contribution is 0.170. The number of halogens is 2. The van der Waals surface area contributed by atoms with E-state index in [9.17, 15) is 9.18 Å². The topological polar surface area (TPSA) is 94.4 Å². The molecule has 0 amide bonds. The summed E-state index contributed by atoms with van der Waals surface area (Å²) in [6.07, 6.45) is 6.09. The third-order valence-corrected chi connectivity index (χ3v) is 5.95. The van der Waals surface area contributed by atoms with Crippen LogP contribution in [0.15, 0.2) is 35.5 Å². The van der Waals surface area contributed by atoms with Gasteiger partial charge in [0.15, 0.2) is 17.1 Å². The predicted octanol–water partition coefficient (Wildman–Crippen LogP) is 1.77. The van der Waals surface area contributed by atoms with Crippen molar-refractivity contribution in [1.29, 1.82) is 0 Å². The van der Waals surface area contributed by atoms with Crippen LogP contribution in [0, 0.1) is 5.82 Å². The third-order valence-electron chi connectivity index (χ3n) is 5.95. The Morgan fingerprint density at radius 2 is 1.76 bits per heavy atom. The number of nitrogens with zero attached hydrogens (tertiary/aromatic N) is 5. The minimum absolute atomic E-state index is 0. The van der Waals surface area contributed by atoms with Crippen molar-refractivity contribution in [2.45, 2.75) is 32.0 Å². The Kier molecular flexibility index (Phi) is 7.36. The minimum Gasteiger partial charge on any atom is -0.486 e. The van der Waals surface area contributed by atoms with Gasteiger partial charge in [-0.15, -0.1) is 12.4 Å². The Bertz CT molecular complexity index is 1170. The van der Waals surface area contributed by atoms with Gasteiger partial charge in [0.05, 0.1) is 29.8 Å². The van der Waals surface area contributed by atoms with E-state index < -0.39 is 5.82 Å². The average Bonchev–Trinajstić information content (AvgIpc) is 2.82. The molecule has 3 aromatic heterocycles. The zero-order chi connectivity index (χ0) is 21.9. The van der Waals surface area contributed by atoms with Gasteiger partial charge in [-0.1, -0.05) is 0 Å². The molecule has 5 heterocycles.